The molecule has 1 fully saturated rings. The molecule has 0 aromatic carbocycles. The van der Waals surface area contributed by atoms with Gasteiger partial charge in [0.15, 0.2) is 0 Å². The van der Waals surface area contributed by atoms with Gasteiger partial charge in [-0.05, 0) is 31.3 Å². The second kappa shape index (κ2) is 5.10. The summed E-state index contributed by atoms with van der Waals surface area (Å²) in [5.74, 6) is 0. The first-order valence-corrected chi connectivity index (χ1v) is 5.61. The van der Waals surface area contributed by atoms with E-state index in [0.717, 1.165) is 13.1 Å². The fourth-order valence-corrected chi connectivity index (χ4v) is 1.98. The predicted molar refractivity (Wildman–Crippen MR) is 57.2 cm³/mol. The minimum absolute atomic E-state index is 0.123. The van der Waals surface area contributed by atoms with Crippen molar-refractivity contribution in [3.63, 3.8) is 0 Å². The van der Waals surface area contributed by atoms with Crippen molar-refractivity contribution in [2.75, 3.05) is 26.2 Å². The Morgan fingerprint density at radius 2 is 1.93 bits per heavy atom. The Morgan fingerprint density at radius 3 is 2.36 bits per heavy atom. The topological polar surface area (TPSA) is 43.7 Å². The maximum atomic E-state index is 9.31. The van der Waals surface area contributed by atoms with E-state index in [0.29, 0.717) is 12.0 Å². The molecule has 0 aromatic rings. The van der Waals surface area contributed by atoms with Crippen LogP contribution in [0.4, 0.5) is 0 Å². The van der Waals surface area contributed by atoms with Crippen LogP contribution < -0.4 is 0 Å². The van der Waals surface area contributed by atoms with Crippen molar-refractivity contribution >= 4 is 0 Å². The maximum Gasteiger partial charge on any atom is 0.0897 e. The van der Waals surface area contributed by atoms with Crippen molar-refractivity contribution < 1.29 is 10.2 Å². The molecule has 3 nitrogen and oxygen atoms in total. The lowest BCUT2D eigenvalue weighted by molar-refractivity contribution is 0.0338. The second-order valence-electron chi connectivity index (χ2n) is 4.80. The molecular weight excluding hydrogens is 178 g/mol. The summed E-state index contributed by atoms with van der Waals surface area (Å²) in [5, 5.41) is 18.0. The summed E-state index contributed by atoms with van der Waals surface area (Å²) in [7, 11) is 0. The third-order valence-corrected chi connectivity index (χ3v) is 3.60. The Balaban J connectivity index is 2.29. The summed E-state index contributed by atoms with van der Waals surface area (Å²) in [6, 6.07) is 0. The molecule has 1 unspecified atom stereocenters. The van der Waals surface area contributed by atoms with E-state index in [1.807, 2.05) is 0 Å². The van der Waals surface area contributed by atoms with Crippen LogP contribution in [0.5, 0.6) is 0 Å². The third-order valence-electron chi connectivity index (χ3n) is 3.60. The Labute approximate surface area is 86.7 Å². The number of hydrogen-bond donors (Lipinski definition) is 2. The zero-order valence-electron chi connectivity index (χ0n) is 9.37. The largest absolute Gasteiger partial charge is 0.394 e. The van der Waals surface area contributed by atoms with Crippen molar-refractivity contribution in [2.24, 2.45) is 5.41 Å². The molecule has 0 radical (unpaired) electrons. The number of rotatable bonds is 4. The van der Waals surface area contributed by atoms with Gasteiger partial charge >= 0.3 is 0 Å². The Kier molecular flexibility index (Phi) is 4.35. The van der Waals surface area contributed by atoms with Crippen LogP contribution in [-0.4, -0.2) is 47.5 Å². The van der Waals surface area contributed by atoms with Gasteiger partial charge in [0.1, 0.15) is 0 Å². The van der Waals surface area contributed by atoms with Gasteiger partial charge in [-0.2, -0.15) is 0 Å². The fraction of sp³-hybridized carbons (Fsp3) is 1.00. The SMILES string of the molecule is CCC1(C)CCN(CC(O)CO)CC1. The van der Waals surface area contributed by atoms with Crippen LogP contribution in [-0.2, 0) is 0 Å². The second-order valence-corrected chi connectivity index (χ2v) is 4.80. The smallest absolute Gasteiger partial charge is 0.0897 e. The Morgan fingerprint density at radius 1 is 1.36 bits per heavy atom. The van der Waals surface area contributed by atoms with Crippen molar-refractivity contribution in [3.8, 4) is 0 Å². The van der Waals surface area contributed by atoms with Gasteiger partial charge in [-0.1, -0.05) is 20.3 Å². The van der Waals surface area contributed by atoms with Crippen molar-refractivity contribution in [3.05, 3.63) is 0 Å². The highest BCUT2D eigenvalue weighted by atomic mass is 16.3. The molecule has 1 saturated heterocycles. The van der Waals surface area contributed by atoms with Gasteiger partial charge < -0.3 is 15.1 Å². The van der Waals surface area contributed by atoms with E-state index in [9.17, 15) is 5.11 Å². The summed E-state index contributed by atoms with van der Waals surface area (Å²) in [4.78, 5) is 2.25. The van der Waals surface area contributed by atoms with Gasteiger partial charge in [0.2, 0.25) is 0 Å². The highest BCUT2D eigenvalue weighted by Crippen LogP contribution is 2.33. The van der Waals surface area contributed by atoms with E-state index in [2.05, 4.69) is 18.7 Å². The minimum Gasteiger partial charge on any atom is -0.394 e. The Bertz CT molecular complexity index is 165. The van der Waals surface area contributed by atoms with Crippen LogP contribution in [0.3, 0.4) is 0 Å². The van der Waals surface area contributed by atoms with E-state index in [-0.39, 0.29) is 6.61 Å². The summed E-state index contributed by atoms with van der Waals surface area (Å²) in [6.07, 6.45) is 3.09. The summed E-state index contributed by atoms with van der Waals surface area (Å²) in [5.41, 5.74) is 0.501. The lowest BCUT2D eigenvalue weighted by atomic mass is 9.78. The van der Waals surface area contributed by atoms with Gasteiger partial charge in [0, 0.05) is 6.54 Å². The molecule has 0 saturated carbocycles. The fourth-order valence-electron chi connectivity index (χ4n) is 1.98. The maximum absolute atomic E-state index is 9.31. The minimum atomic E-state index is -0.569. The predicted octanol–water partition coefficient (Wildman–Crippen LogP) is 0.852. The molecule has 3 heteroatoms. The molecule has 1 atom stereocenters. The average Bonchev–Trinajstić information content (AvgIpc) is 2.21. The first-order valence-electron chi connectivity index (χ1n) is 5.61. The highest BCUT2D eigenvalue weighted by molar-refractivity contribution is 4.81. The van der Waals surface area contributed by atoms with E-state index in [1.54, 1.807) is 0 Å². The Hall–Kier alpha value is -0.120. The molecule has 84 valence electrons. The summed E-state index contributed by atoms with van der Waals surface area (Å²) < 4.78 is 0. The zero-order chi connectivity index (χ0) is 10.6. The van der Waals surface area contributed by atoms with E-state index >= 15 is 0 Å². The molecule has 0 aromatic heterocycles. The summed E-state index contributed by atoms with van der Waals surface area (Å²) in [6.45, 7) is 7.20. The molecule has 2 N–H and O–H groups in total. The monoisotopic (exact) mass is 201 g/mol. The summed E-state index contributed by atoms with van der Waals surface area (Å²) >= 11 is 0. The first-order chi connectivity index (χ1) is 6.59. The van der Waals surface area contributed by atoms with Crippen molar-refractivity contribution in [1.82, 2.24) is 4.90 Å². The van der Waals surface area contributed by atoms with Crippen LogP contribution in [0.25, 0.3) is 0 Å². The van der Waals surface area contributed by atoms with Crippen LogP contribution in [0.1, 0.15) is 33.1 Å². The zero-order valence-corrected chi connectivity index (χ0v) is 9.37. The van der Waals surface area contributed by atoms with Crippen LogP contribution in [0.2, 0.25) is 0 Å². The molecule has 1 heterocycles. The van der Waals surface area contributed by atoms with Gasteiger partial charge in [-0.15, -0.1) is 0 Å². The molecule has 1 rings (SSSR count). The molecule has 1 aliphatic rings. The van der Waals surface area contributed by atoms with E-state index in [4.69, 9.17) is 5.11 Å². The third kappa shape index (κ3) is 3.23. The molecule has 1 aliphatic heterocycles. The number of piperidine rings is 1. The van der Waals surface area contributed by atoms with Crippen molar-refractivity contribution in [2.45, 2.75) is 39.2 Å². The van der Waals surface area contributed by atoms with Crippen molar-refractivity contribution in [1.29, 1.82) is 0 Å². The molecule has 0 aliphatic carbocycles. The molecule has 0 amide bonds. The highest BCUT2D eigenvalue weighted by Gasteiger charge is 2.28. The molecular formula is C11H23NO2. The average molecular weight is 201 g/mol. The van der Waals surface area contributed by atoms with E-state index in [1.165, 1.54) is 19.3 Å². The number of aliphatic hydroxyl groups excluding tert-OH is 2. The van der Waals surface area contributed by atoms with Gasteiger partial charge in [-0.3, -0.25) is 0 Å². The van der Waals surface area contributed by atoms with Gasteiger partial charge in [-0.25, -0.2) is 0 Å². The van der Waals surface area contributed by atoms with Crippen LogP contribution in [0, 0.1) is 5.41 Å². The lowest BCUT2D eigenvalue weighted by Crippen LogP contribution is -2.42. The lowest BCUT2D eigenvalue weighted by Gasteiger charge is -2.39. The van der Waals surface area contributed by atoms with E-state index < -0.39 is 6.10 Å². The van der Waals surface area contributed by atoms with Gasteiger partial charge in [0.05, 0.1) is 12.7 Å². The van der Waals surface area contributed by atoms with Crippen LogP contribution >= 0.6 is 0 Å². The number of β-amino-alcohol motifs (C(OH)–C–C–N with tert-alkyl or cyclic N) is 1. The normalized spacial score (nSPS) is 24.9. The number of likely N-dealkylation sites (tertiary alicyclic amines) is 1. The number of nitrogens with zero attached hydrogens (tertiary/aromatic N) is 1. The van der Waals surface area contributed by atoms with Gasteiger partial charge in [0.25, 0.3) is 0 Å². The number of aliphatic hydroxyl groups is 2. The quantitative estimate of drug-likeness (QED) is 0.709. The first kappa shape index (κ1) is 12.0. The molecule has 0 bridgehead atoms. The number of hydrogen-bond acceptors (Lipinski definition) is 3. The molecule has 0 spiro atoms. The molecule has 14 heavy (non-hydrogen) atoms. The standard InChI is InChI=1S/C11H23NO2/c1-3-11(2)4-6-12(7-5-11)8-10(14)9-13/h10,13-14H,3-9H2,1-2H3. The van der Waals surface area contributed by atoms with Crippen LogP contribution in [0.15, 0.2) is 0 Å².